The quantitative estimate of drug-likeness (QED) is 0.0934. The number of rotatable bonds is 11. The molecule has 5 atom stereocenters. The largest absolute Gasteiger partial charge is 0.368 e. The maximum Gasteiger partial charge on any atom is 0.262 e. The van der Waals surface area contributed by atoms with Gasteiger partial charge in [-0.05, 0) is 159 Å². The number of amides is 8. The molecule has 9 aliphatic heterocycles. The maximum atomic E-state index is 14.1. The Bertz CT molecular complexity index is 5090. The maximum absolute atomic E-state index is 14.1. The van der Waals surface area contributed by atoms with Gasteiger partial charge >= 0.3 is 0 Å². The number of carbonyl (C=O) groups excluding carboxylic acids is 8. The van der Waals surface area contributed by atoms with Crippen molar-refractivity contribution in [3.05, 3.63) is 215 Å². The van der Waals surface area contributed by atoms with Crippen molar-refractivity contribution in [2.24, 2.45) is 0 Å². The van der Waals surface area contributed by atoms with Crippen LogP contribution in [0.15, 0.2) is 158 Å². The minimum atomic E-state index is -1.02. The van der Waals surface area contributed by atoms with E-state index in [2.05, 4.69) is 74.0 Å². The predicted octanol–water partition coefficient (Wildman–Crippen LogP) is 7.17. The highest BCUT2D eigenvalue weighted by molar-refractivity contribution is 6.24. The van der Waals surface area contributed by atoms with Gasteiger partial charge in [-0.15, -0.1) is 10.2 Å². The van der Waals surface area contributed by atoms with Crippen molar-refractivity contribution < 1.29 is 51.5 Å². The first kappa shape index (κ1) is 67.5. The first-order valence-electron chi connectivity index (χ1n) is 35.3. The number of nitrogens with zero attached hydrogens (tertiary/aromatic N) is 14. The first-order valence-corrected chi connectivity index (χ1v) is 35.3. The Labute approximate surface area is 599 Å². The van der Waals surface area contributed by atoms with Crippen molar-refractivity contribution in [3.8, 4) is 11.4 Å². The number of piperidine rings is 2. The van der Waals surface area contributed by atoms with Crippen LogP contribution in [-0.2, 0) is 19.2 Å². The zero-order chi connectivity index (χ0) is 72.1. The predicted molar refractivity (Wildman–Crippen MR) is 380 cm³/mol. The molecule has 0 radical (unpaired) electrons. The Kier molecular flexibility index (Phi) is 18.2. The van der Waals surface area contributed by atoms with E-state index in [1.165, 1.54) is 18.2 Å². The molecular weight excluding hydrogens is 1350 g/mol. The number of fused-ring (bicyclic) bond motifs is 4. The molecule has 0 spiro atoms. The fraction of sp³-hybridized carbons (Fsp3) is 0.303. The molecule has 4 N–H and O–H groups in total. The van der Waals surface area contributed by atoms with E-state index in [0.717, 1.165) is 150 Å². The summed E-state index contributed by atoms with van der Waals surface area (Å²) >= 11 is 0. The lowest BCUT2D eigenvalue weighted by atomic mass is 10.0. The second kappa shape index (κ2) is 28.3. The number of aromatic nitrogens is 7. The van der Waals surface area contributed by atoms with Crippen LogP contribution < -0.4 is 40.9 Å². The highest BCUT2D eigenvalue weighted by Gasteiger charge is 2.47. The monoisotopic (exact) mass is 1420 g/mol. The summed E-state index contributed by atoms with van der Waals surface area (Å²) in [6, 6.07) is 34.2. The lowest BCUT2D eigenvalue weighted by Gasteiger charge is -2.37. The third kappa shape index (κ3) is 13.2. The molecule has 534 valence electrons. The van der Waals surface area contributed by atoms with Crippen LogP contribution in [0.4, 0.5) is 36.3 Å². The lowest BCUT2D eigenvalue weighted by molar-refractivity contribution is -0.137. The standard InChI is InChI=1S/C38H34FN9O4.C25H28FN7.C13H9FN2O4/c39-24-5-1-4-23(20-24)29-7-3-15-46(29)34-13-12-32-40-22-31(48(32)43-34)28-6-2-8-33(41-28)45-18-16-44(17-19-45)25-9-10-26-27(21-25)38(52)47(37(26)51)30-11-14-35(49)42-36(30)50;26-19-5-1-4-18(16-19)21-7-3-13-32(21)25-10-9-23-28-17-22(33(23)30-25)20-6-2-8-24(29-20)31-14-11-27-12-15-31;14-6-1-2-7-8(5-6)13(20)16(12(7)19)9-3-4-10(17)15-11(9)18/h1-2,4-6,8-10,12-13,20-22,29-30H,3,7,11,14-19H2,(H,42,49,50);1-2,4-6,8-10,16-17,21,24,27,29H,3,7,11-15H2;1-2,5,9H,3-4H2,(H,15,17,18)/t29-,30?;21-,24?;/m11./s1. The molecule has 6 fully saturated rings. The van der Waals surface area contributed by atoms with Crippen LogP contribution in [0.5, 0.6) is 0 Å². The van der Waals surface area contributed by atoms with E-state index in [9.17, 15) is 51.5 Å². The third-order valence-electron chi connectivity index (χ3n) is 20.7. The number of imidazole rings is 2. The summed E-state index contributed by atoms with van der Waals surface area (Å²) in [6.45, 7) is 8.44. The fourth-order valence-electron chi connectivity index (χ4n) is 15.5. The van der Waals surface area contributed by atoms with Crippen molar-refractivity contribution >= 4 is 87.4 Å². The molecule has 9 aliphatic rings. The topological polar surface area (TPSA) is 281 Å². The van der Waals surface area contributed by atoms with Crippen molar-refractivity contribution in [1.29, 1.82) is 0 Å². The molecule has 0 bridgehead atoms. The van der Waals surface area contributed by atoms with Gasteiger partial charge in [0.05, 0.1) is 64.3 Å². The number of anilines is 4. The minimum absolute atomic E-state index is 0.0417. The van der Waals surface area contributed by atoms with Gasteiger partial charge in [-0.2, -0.15) is 0 Å². The fourth-order valence-corrected chi connectivity index (χ4v) is 15.5. The average molecular weight is 1420 g/mol. The Morgan fingerprint density at radius 2 is 0.981 bits per heavy atom. The van der Waals surface area contributed by atoms with Gasteiger partial charge in [-0.25, -0.2) is 37.2 Å². The van der Waals surface area contributed by atoms with Crippen molar-refractivity contribution in [2.75, 3.05) is 85.0 Å². The number of allylic oxidation sites excluding steroid dienone is 2. The SMILES string of the molecule is Fc1cccc([C@H]2CCCN2c2ccc3ncc(C4=CC=CC(N5CCNCC5)N4)n3n2)c1.O=C1CCC(N2C(=O)c3ccc(F)cc3C2=O)C(=O)N1.O=C1CCC(N2C(=O)c3ccc(N4CCN(c5cccc(-c6cnc7ccc(N8CCC[C@@H]8c8cccc(F)c8)nn67)n5)CC4)cc3C2=O)C(=O)N1. The van der Waals surface area contributed by atoms with E-state index >= 15 is 0 Å². The number of benzene rings is 4. The molecule has 29 heteroatoms. The number of nitrogens with one attached hydrogen (secondary N) is 4. The third-order valence-corrected chi connectivity index (χ3v) is 20.7. The molecule has 18 rings (SSSR count). The molecule has 9 aromatic rings. The summed E-state index contributed by atoms with van der Waals surface area (Å²) in [5, 5.41) is 21.4. The molecule has 6 saturated heterocycles. The number of dihydropyridines is 1. The highest BCUT2D eigenvalue weighted by Crippen LogP contribution is 2.39. The van der Waals surface area contributed by atoms with Gasteiger partial charge < -0.3 is 30.2 Å². The lowest BCUT2D eigenvalue weighted by Crippen LogP contribution is -2.54. The van der Waals surface area contributed by atoms with Crippen LogP contribution >= 0.6 is 0 Å². The second-order valence-corrected chi connectivity index (χ2v) is 27.0. The molecule has 3 unspecified atom stereocenters. The molecule has 105 heavy (non-hydrogen) atoms. The number of carbonyl (C=O) groups is 8. The van der Waals surface area contributed by atoms with Gasteiger partial charge in [0.25, 0.3) is 23.6 Å². The van der Waals surface area contributed by atoms with Gasteiger partial charge in [-0.3, -0.25) is 63.7 Å². The number of pyridine rings is 1. The molecule has 0 aliphatic carbocycles. The number of hydrogen-bond acceptors (Lipinski definition) is 20. The van der Waals surface area contributed by atoms with Crippen LogP contribution in [0.1, 0.15) is 122 Å². The second-order valence-electron chi connectivity index (χ2n) is 27.0. The Morgan fingerprint density at radius 1 is 0.457 bits per heavy atom. The van der Waals surface area contributed by atoms with E-state index in [0.29, 0.717) is 31.8 Å². The number of hydrogen-bond donors (Lipinski definition) is 4. The summed E-state index contributed by atoms with van der Waals surface area (Å²) in [5.41, 5.74) is 8.28. The van der Waals surface area contributed by atoms with E-state index in [1.54, 1.807) is 42.6 Å². The summed E-state index contributed by atoms with van der Waals surface area (Å²) in [6.07, 6.45) is 14.5. The van der Waals surface area contributed by atoms with Crippen LogP contribution in [0, 0.1) is 17.5 Å². The number of halogens is 3. The Balaban J connectivity index is 0.000000135. The minimum Gasteiger partial charge on any atom is -0.368 e. The van der Waals surface area contributed by atoms with Crippen molar-refractivity contribution in [1.82, 2.24) is 70.1 Å². The average Bonchev–Trinajstić information content (AvgIpc) is 1.99. The van der Waals surface area contributed by atoms with Crippen LogP contribution in [-0.4, -0.2) is 180 Å². The number of imide groups is 4. The van der Waals surface area contributed by atoms with E-state index in [1.807, 2.05) is 75.9 Å². The van der Waals surface area contributed by atoms with E-state index in [4.69, 9.17) is 15.2 Å². The van der Waals surface area contributed by atoms with Crippen molar-refractivity contribution in [3.63, 3.8) is 0 Å². The van der Waals surface area contributed by atoms with Gasteiger partial charge in [0.1, 0.15) is 58.4 Å². The molecular formula is C76H71F3N18O8. The van der Waals surface area contributed by atoms with Gasteiger partial charge in [-0.1, -0.05) is 36.4 Å². The molecule has 4 aromatic carbocycles. The zero-order valence-corrected chi connectivity index (χ0v) is 56.8. The van der Waals surface area contributed by atoms with Crippen LogP contribution in [0.2, 0.25) is 0 Å². The zero-order valence-electron chi connectivity index (χ0n) is 56.8. The van der Waals surface area contributed by atoms with Gasteiger partial charge in [0.15, 0.2) is 11.3 Å². The highest BCUT2D eigenvalue weighted by atomic mass is 19.1. The van der Waals surface area contributed by atoms with E-state index < -0.39 is 65.2 Å². The van der Waals surface area contributed by atoms with Crippen LogP contribution in [0.3, 0.4) is 0 Å². The van der Waals surface area contributed by atoms with Crippen LogP contribution in [0.25, 0.3) is 28.4 Å². The Hall–Kier alpha value is -12.0. The van der Waals surface area contributed by atoms with Crippen molar-refractivity contribution in [2.45, 2.75) is 81.7 Å². The normalized spacial score (nSPS) is 21.9. The summed E-state index contributed by atoms with van der Waals surface area (Å²) in [7, 11) is 0. The molecule has 14 heterocycles. The summed E-state index contributed by atoms with van der Waals surface area (Å²) < 4.78 is 44.8. The van der Waals surface area contributed by atoms with E-state index in [-0.39, 0.29) is 77.8 Å². The molecule has 0 saturated carbocycles. The first-order chi connectivity index (χ1) is 51.1. The van der Waals surface area contributed by atoms with Gasteiger partial charge in [0.2, 0.25) is 23.6 Å². The summed E-state index contributed by atoms with van der Waals surface area (Å²) in [5.74, 6) is -3.08. The molecule has 26 nitrogen and oxygen atoms in total. The Morgan fingerprint density at radius 3 is 1.56 bits per heavy atom. The molecule has 5 aromatic heterocycles. The summed E-state index contributed by atoms with van der Waals surface area (Å²) in [4.78, 5) is 125. The number of piperazine rings is 2. The van der Waals surface area contributed by atoms with Gasteiger partial charge in [0, 0.05) is 84.0 Å². The smallest absolute Gasteiger partial charge is 0.262 e. The molecule has 8 amide bonds.